The Morgan fingerprint density at radius 2 is 2.00 bits per heavy atom. The van der Waals surface area contributed by atoms with Crippen molar-refractivity contribution in [1.82, 2.24) is 14.9 Å². The lowest BCUT2D eigenvalue weighted by Crippen LogP contribution is -2.47. The maximum Gasteiger partial charge on any atom is 0.455 e. The molecule has 0 bridgehead atoms. The Morgan fingerprint density at radius 1 is 1.40 bits per heavy atom. The number of hydrogen-bond donors (Lipinski definition) is 1. The van der Waals surface area contributed by atoms with Gasteiger partial charge in [-0.15, -0.1) is 0 Å². The van der Waals surface area contributed by atoms with Crippen molar-refractivity contribution in [2.75, 3.05) is 6.54 Å². The Kier molecular flexibility index (Phi) is 4.25. The molecule has 1 amide bonds. The zero-order valence-corrected chi connectivity index (χ0v) is 9.53. The van der Waals surface area contributed by atoms with E-state index in [9.17, 15) is 36.9 Å². The quantitative estimate of drug-likeness (QED) is 0.501. The summed E-state index contributed by atoms with van der Waals surface area (Å²) in [5.41, 5.74) is 0. The molecule has 0 saturated carbocycles. The largest absolute Gasteiger partial charge is 0.455 e. The summed E-state index contributed by atoms with van der Waals surface area (Å²) in [4.78, 5) is 24.0. The van der Waals surface area contributed by atoms with E-state index in [4.69, 9.17) is 0 Å². The maximum absolute atomic E-state index is 12.5. The molecule has 0 saturated heterocycles. The van der Waals surface area contributed by atoms with Crippen LogP contribution in [0.5, 0.6) is 0 Å². The lowest BCUT2D eigenvalue weighted by atomic mass is 10.3. The minimum absolute atomic E-state index is 0.696. The SMILES string of the molecule is O=C(Cn1ccnc1[N+](=O)[O-])NCC(F)([18F])C(F)(F)[18F]. The summed E-state index contributed by atoms with van der Waals surface area (Å²) in [6.45, 7) is -2.75. The molecule has 0 radical (unpaired) electrons. The molecule has 0 aromatic carbocycles. The highest BCUT2D eigenvalue weighted by atomic mass is 19.3. The van der Waals surface area contributed by atoms with Crippen LogP contribution in [0, 0.1) is 10.1 Å². The number of imidazole rings is 1. The minimum Gasteiger partial charge on any atom is -0.390 e. The Bertz CT molecular complexity index is 512. The minimum atomic E-state index is -5.79. The highest BCUT2D eigenvalue weighted by Crippen LogP contribution is 2.34. The molecule has 0 aliphatic carbocycles. The lowest BCUT2D eigenvalue weighted by Gasteiger charge is -2.19. The Labute approximate surface area is 107 Å². The van der Waals surface area contributed by atoms with E-state index in [1.807, 2.05) is 0 Å². The van der Waals surface area contributed by atoms with Gasteiger partial charge < -0.3 is 15.4 Å². The highest BCUT2D eigenvalue weighted by Gasteiger charge is 2.57. The zero-order chi connectivity index (χ0) is 15.6. The summed E-state index contributed by atoms with van der Waals surface area (Å²) in [6, 6.07) is 0. The topological polar surface area (TPSA) is 90.1 Å². The van der Waals surface area contributed by atoms with E-state index < -0.39 is 42.0 Å². The number of rotatable bonds is 5. The van der Waals surface area contributed by atoms with Gasteiger partial charge in [-0.3, -0.25) is 4.79 Å². The van der Waals surface area contributed by atoms with E-state index in [1.165, 1.54) is 5.32 Å². The summed E-state index contributed by atoms with van der Waals surface area (Å²) < 4.78 is 61.2. The number of amides is 1. The van der Waals surface area contributed by atoms with Crippen LogP contribution in [0.15, 0.2) is 12.4 Å². The van der Waals surface area contributed by atoms with E-state index in [0.29, 0.717) is 4.57 Å². The van der Waals surface area contributed by atoms with Crippen LogP contribution < -0.4 is 5.32 Å². The average molecular weight is 300 g/mol. The van der Waals surface area contributed by atoms with Crippen LogP contribution in [0.4, 0.5) is 27.9 Å². The lowest BCUT2D eigenvalue weighted by molar-refractivity contribution is -0.396. The molecule has 7 nitrogen and oxygen atoms in total. The molecular formula is C8H7F5N4O3. The molecule has 0 spiro atoms. The van der Waals surface area contributed by atoms with E-state index >= 15 is 0 Å². The molecule has 1 N–H and O–H groups in total. The van der Waals surface area contributed by atoms with Gasteiger partial charge in [-0.25, -0.2) is 4.57 Å². The number of carbonyl (C=O) groups is 1. The van der Waals surface area contributed by atoms with E-state index in [1.54, 1.807) is 0 Å². The Hall–Kier alpha value is -2.27. The Morgan fingerprint density at radius 3 is 2.50 bits per heavy atom. The van der Waals surface area contributed by atoms with Gasteiger partial charge in [0.15, 0.2) is 6.54 Å². The van der Waals surface area contributed by atoms with Gasteiger partial charge in [0.1, 0.15) is 12.4 Å². The van der Waals surface area contributed by atoms with Crippen molar-refractivity contribution in [3.8, 4) is 0 Å². The van der Waals surface area contributed by atoms with Crippen molar-refractivity contribution >= 4 is 11.9 Å². The summed E-state index contributed by atoms with van der Waals surface area (Å²) >= 11 is 0. The molecule has 112 valence electrons. The standard InChI is InChI=1S/C8H7F5N4O3/c9-7(10,8(11,12)13)4-15-5(18)3-16-2-1-14-6(16)17(19)20/h1-2H,3-4H2,(H,15,18)/i9-1,11-1. The van der Waals surface area contributed by atoms with E-state index in [0.717, 1.165) is 12.4 Å². The van der Waals surface area contributed by atoms with E-state index in [2.05, 4.69) is 4.98 Å². The van der Waals surface area contributed by atoms with Crippen molar-refractivity contribution in [2.45, 2.75) is 18.6 Å². The van der Waals surface area contributed by atoms with Gasteiger partial charge in [-0.1, -0.05) is 4.98 Å². The summed E-state index contributed by atoms with van der Waals surface area (Å²) in [6.07, 6.45) is -3.80. The number of carbonyl (C=O) groups excluding carboxylic acids is 1. The molecule has 0 aliphatic heterocycles. The van der Waals surface area contributed by atoms with Crippen LogP contribution in [0.3, 0.4) is 0 Å². The third-order valence-electron chi connectivity index (χ3n) is 2.09. The van der Waals surface area contributed by atoms with Gasteiger partial charge in [0, 0.05) is 0 Å². The molecule has 1 aromatic rings. The Balaban J connectivity index is 2.61. The molecule has 20 heavy (non-hydrogen) atoms. The maximum atomic E-state index is 12.5. The second-order valence-corrected chi connectivity index (χ2v) is 3.59. The number of nitro groups is 1. The van der Waals surface area contributed by atoms with Crippen molar-refractivity contribution in [3.05, 3.63) is 22.5 Å². The zero-order valence-electron chi connectivity index (χ0n) is 9.53. The summed E-state index contributed by atoms with van der Waals surface area (Å²) in [5.74, 6) is -7.05. The van der Waals surface area contributed by atoms with Gasteiger partial charge in [0.2, 0.25) is 0 Å². The molecule has 0 fully saturated rings. The van der Waals surface area contributed by atoms with Gasteiger partial charge in [-0.05, 0) is 4.92 Å². The van der Waals surface area contributed by atoms with Crippen molar-refractivity contribution in [3.63, 3.8) is 0 Å². The molecule has 1 atom stereocenters. The van der Waals surface area contributed by atoms with Crippen molar-refractivity contribution in [2.24, 2.45) is 0 Å². The fraction of sp³-hybridized carbons (Fsp3) is 0.500. The van der Waals surface area contributed by atoms with Gasteiger partial charge in [-0.2, -0.15) is 22.0 Å². The number of alkyl halides is 5. The summed E-state index contributed by atoms with van der Waals surface area (Å²) in [7, 11) is 0. The van der Waals surface area contributed by atoms with Gasteiger partial charge in [0.05, 0.1) is 6.54 Å². The normalized spacial score (nSPS) is 14.7. The predicted octanol–water partition coefficient (Wildman–Crippen LogP) is 1.11. The number of nitrogens with one attached hydrogen (secondary N) is 1. The van der Waals surface area contributed by atoms with Crippen molar-refractivity contribution in [1.29, 1.82) is 0 Å². The smallest absolute Gasteiger partial charge is 0.390 e. The monoisotopic (exact) mass is 300 g/mol. The number of hydrogen-bond acceptors (Lipinski definition) is 4. The molecule has 12 heteroatoms. The fourth-order valence-corrected chi connectivity index (χ4v) is 1.12. The van der Waals surface area contributed by atoms with Crippen LogP contribution >= 0.6 is 0 Å². The van der Waals surface area contributed by atoms with Crippen LogP contribution in [-0.4, -0.2) is 39.0 Å². The molecule has 1 rings (SSSR count). The molecular weight excluding hydrogens is 293 g/mol. The van der Waals surface area contributed by atoms with Crippen LogP contribution in [0.2, 0.25) is 0 Å². The third-order valence-corrected chi connectivity index (χ3v) is 2.09. The van der Waals surface area contributed by atoms with E-state index in [-0.39, 0.29) is 0 Å². The molecule has 1 unspecified atom stereocenters. The predicted molar refractivity (Wildman–Crippen MR) is 52.9 cm³/mol. The second-order valence-electron chi connectivity index (χ2n) is 3.59. The highest BCUT2D eigenvalue weighted by molar-refractivity contribution is 5.76. The second kappa shape index (κ2) is 5.38. The first-order valence-corrected chi connectivity index (χ1v) is 4.91. The van der Waals surface area contributed by atoms with Crippen LogP contribution in [-0.2, 0) is 11.3 Å². The number of halogens is 5. The summed E-state index contributed by atoms with van der Waals surface area (Å²) in [5, 5.41) is 11.8. The molecule has 1 heterocycles. The third kappa shape index (κ3) is 3.61. The number of aromatic nitrogens is 2. The van der Waals surface area contributed by atoms with Crippen LogP contribution in [0.1, 0.15) is 0 Å². The first kappa shape index (κ1) is 15.8. The fourth-order valence-electron chi connectivity index (χ4n) is 1.12. The molecule has 0 aliphatic rings. The number of nitrogens with zero attached hydrogens (tertiary/aromatic N) is 3. The average Bonchev–Trinajstić information content (AvgIpc) is 2.73. The van der Waals surface area contributed by atoms with Gasteiger partial charge >= 0.3 is 18.0 Å². The van der Waals surface area contributed by atoms with Crippen molar-refractivity contribution < 1.29 is 31.7 Å². The first-order chi connectivity index (χ1) is 9.04. The van der Waals surface area contributed by atoms with Gasteiger partial charge in [0.25, 0.3) is 5.91 Å². The van der Waals surface area contributed by atoms with Crippen LogP contribution in [0.25, 0.3) is 0 Å². The molecule has 1 aromatic heterocycles. The first-order valence-electron chi connectivity index (χ1n) is 4.91.